The highest BCUT2D eigenvalue weighted by molar-refractivity contribution is 5.96. The van der Waals surface area contributed by atoms with Crippen molar-refractivity contribution < 1.29 is 19.7 Å². The number of methoxy groups -OCH3 is 1. The van der Waals surface area contributed by atoms with Gasteiger partial charge in [-0.2, -0.15) is 0 Å². The van der Waals surface area contributed by atoms with Crippen LogP contribution >= 0.6 is 0 Å². The molecule has 1 aromatic carbocycles. The summed E-state index contributed by atoms with van der Waals surface area (Å²) in [6, 6.07) is 3.99. The zero-order chi connectivity index (χ0) is 18.4. The molecule has 2 aliphatic carbocycles. The molecule has 5 heteroatoms. The van der Waals surface area contributed by atoms with E-state index in [-0.39, 0.29) is 30.1 Å². The van der Waals surface area contributed by atoms with E-state index in [9.17, 15) is 15.0 Å². The number of hydrogen-bond donors (Lipinski definition) is 2. The molecule has 0 bridgehead atoms. The van der Waals surface area contributed by atoms with Crippen LogP contribution in [0.1, 0.15) is 37.0 Å². The second kappa shape index (κ2) is 6.46. The summed E-state index contributed by atoms with van der Waals surface area (Å²) in [5, 5.41) is 20.3. The van der Waals surface area contributed by atoms with Crippen LogP contribution in [-0.4, -0.2) is 47.6 Å². The van der Waals surface area contributed by atoms with Crippen molar-refractivity contribution in [3.8, 4) is 5.75 Å². The number of carbonyl (C=O) groups is 1. The van der Waals surface area contributed by atoms with E-state index in [0.29, 0.717) is 17.7 Å². The van der Waals surface area contributed by atoms with Crippen molar-refractivity contribution in [2.45, 2.75) is 44.8 Å². The first kappa shape index (κ1) is 18.0. The number of ether oxygens (including phenoxy) is 1. The van der Waals surface area contributed by atoms with Gasteiger partial charge < -0.3 is 19.8 Å². The molecular formula is C20H27NO4. The molecule has 1 aromatic rings. The van der Waals surface area contributed by atoms with Crippen LogP contribution in [0.15, 0.2) is 24.0 Å². The average Bonchev–Trinajstić information content (AvgIpc) is 2.59. The standard InChI is InChI=1S/C20H27NO4/c1-5-21(3)15-8-12-6-7-13(11-22)19(24)18(12)20(2)10-16(23)17(25-4)9-14(15)20/h6-7,9,14-15,22,24H,5,8,10-11H2,1-4H3/t14-,15+,20+/m1/s1. The number of allylic oxidation sites excluding steroid dienone is 1. The first-order valence-electron chi connectivity index (χ1n) is 8.81. The molecule has 0 aromatic heterocycles. The van der Waals surface area contributed by atoms with E-state index in [1.807, 2.05) is 19.1 Å². The Morgan fingerprint density at radius 1 is 1.40 bits per heavy atom. The number of likely N-dealkylation sites (N-methyl/N-ethyl adjacent to an activating group) is 1. The highest BCUT2D eigenvalue weighted by Gasteiger charge is 2.51. The number of ketones is 1. The van der Waals surface area contributed by atoms with Crippen LogP contribution in [0.2, 0.25) is 0 Å². The fourth-order valence-electron chi connectivity index (χ4n) is 4.58. The Hall–Kier alpha value is -1.85. The number of carbonyl (C=O) groups excluding carboxylic acids is 1. The molecule has 5 nitrogen and oxygen atoms in total. The molecule has 3 rings (SSSR count). The Morgan fingerprint density at radius 3 is 2.72 bits per heavy atom. The summed E-state index contributed by atoms with van der Waals surface area (Å²) in [5.41, 5.74) is 1.86. The molecule has 0 fully saturated rings. The lowest BCUT2D eigenvalue weighted by Gasteiger charge is -2.50. The summed E-state index contributed by atoms with van der Waals surface area (Å²) in [6.07, 6.45) is 3.03. The van der Waals surface area contributed by atoms with Gasteiger partial charge in [0.1, 0.15) is 5.75 Å². The zero-order valence-corrected chi connectivity index (χ0v) is 15.4. The van der Waals surface area contributed by atoms with E-state index in [4.69, 9.17) is 4.74 Å². The second-order valence-corrected chi connectivity index (χ2v) is 7.39. The first-order chi connectivity index (χ1) is 11.9. The van der Waals surface area contributed by atoms with Crippen molar-refractivity contribution in [1.82, 2.24) is 4.90 Å². The molecule has 136 valence electrons. The zero-order valence-electron chi connectivity index (χ0n) is 15.4. The highest BCUT2D eigenvalue weighted by atomic mass is 16.5. The molecule has 0 unspecified atom stereocenters. The highest BCUT2D eigenvalue weighted by Crippen LogP contribution is 2.52. The van der Waals surface area contributed by atoms with Gasteiger partial charge in [-0.1, -0.05) is 26.0 Å². The quantitative estimate of drug-likeness (QED) is 0.875. The maximum Gasteiger partial charge on any atom is 0.197 e. The number of aliphatic hydroxyl groups is 1. The molecule has 3 atom stereocenters. The Bertz CT molecular complexity index is 727. The maximum atomic E-state index is 12.6. The summed E-state index contributed by atoms with van der Waals surface area (Å²) < 4.78 is 5.31. The normalized spacial score (nSPS) is 28.4. The van der Waals surface area contributed by atoms with Gasteiger partial charge in [0.15, 0.2) is 11.5 Å². The smallest absolute Gasteiger partial charge is 0.197 e. The van der Waals surface area contributed by atoms with Crippen molar-refractivity contribution in [2.24, 2.45) is 5.92 Å². The molecule has 25 heavy (non-hydrogen) atoms. The van der Waals surface area contributed by atoms with Crippen molar-refractivity contribution in [3.05, 3.63) is 40.7 Å². The molecule has 2 aliphatic rings. The van der Waals surface area contributed by atoms with Crippen LogP contribution in [0, 0.1) is 5.92 Å². The van der Waals surface area contributed by atoms with Gasteiger partial charge in [-0.25, -0.2) is 0 Å². The topological polar surface area (TPSA) is 70.0 Å². The third-order valence-corrected chi connectivity index (χ3v) is 6.09. The Labute approximate surface area is 148 Å². The van der Waals surface area contributed by atoms with Gasteiger partial charge >= 0.3 is 0 Å². The third kappa shape index (κ3) is 2.66. The van der Waals surface area contributed by atoms with E-state index >= 15 is 0 Å². The van der Waals surface area contributed by atoms with Crippen LogP contribution in [0.3, 0.4) is 0 Å². The Kier molecular flexibility index (Phi) is 4.64. The number of aromatic hydroxyl groups is 1. The number of benzene rings is 1. The summed E-state index contributed by atoms with van der Waals surface area (Å²) >= 11 is 0. The van der Waals surface area contributed by atoms with Gasteiger partial charge in [0.25, 0.3) is 0 Å². The lowest BCUT2D eigenvalue weighted by atomic mass is 9.57. The van der Waals surface area contributed by atoms with E-state index < -0.39 is 5.41 Å². The van der Waals surface area contributed by atoms with E-state index in [2.05, 4.69) is 18.9 Å². The van der Waals surface area contributed by atoms with E-state index in [1.54, 1.807) is 6.07 Å². The largest absolute Gasteiger partial charge is 0.507 e. The molecule has 0 radical (unpaired) electrons. The molecule has 0 saturated heterocycles. The number of fused-ring (bicyclic) bond motifs is 3. The van der Waals surface area contributed by atoms with E-state index in [1.165, 1.54) is 7.11 Å². The summed E-state index contributed by atoms with van der Waals surface area (Å²) in [4.78, 5) is 14.9. The van der Waals surface area contributed by atoms with E-state index in [0.717, 1.165) is 24.1 Å². The molecule has 0 aliphatic heterocycles. The molecule has 0 spiro atoms. The van der Waals surface area contributed by atoms with Gasteiger partial charge in [-0.15, -0.1) is 0 Å². The van der Waals surface area contributed by atoms with Crippen LogP contribution in [0.4, 0.5) is 0 Å². The molecule has 0 saturated carbocycles. The predicted octanol–water partition coefficient (Wildman–Crippen LogP) is 2.14. The number of Topliss-reactive ketones (excluding diaryl/α,β-unsaturated/α-hetero) is 1. The predicted molar refractivity (Wildman–Crippen MR) is 95.4 cm³/mol. The van der Waals surface area contributed by atoms with Gasteiger partial charge in [0, 0.05) is 34.9 Å². The minimum absolute atomic E-state index is 0.0409. The molecule has 0 amide bonds. The van der Waals surface area contributed by atoms with Crippen LogP contribution in [-0.2, 0) is 28.0 Å². The fraction of sp³-hybridized carbons (Fsp3) is 0.550. The lowest BCUT2D eigenvalue weighted by molar-refractivity contribution is -0.121. The van der Waals surface area contributed by atoms with Crippen molar-refractivity contribution in [1.29, 1.82) is 0 Å². The first-order valence-corrected chi connectivity index (χ1v) is 8.81. The molecule has 0 heterocycles. The van der Waals surface area contributed by atoms with Crippen molar-refractivity contribution >= 4 is 5.78 Å². The number of rotatable bonds is 4. The van der Waals surface area contributed by atoms with Gasteiger partial charge in [-0.05, 0) is 31.7 Å². The van der Waals surface area contributed by atoms with Crippen LogP contribution < -0.4 is 0 Å². The van der Waals surface area contributed by atoms with Gasteiger partial charge in [0.2, 0.25) is 0 Å². The number of phenols is 1. The lowest BCUT2D eigenvalue weighted by Crippen LogP contribution is -2.53. The third-order valence-electron chi connectivity index (χ3n) is 6.09. The summed E-state index contributed by atoms with van der Waals surface area (Å²) in [7, 11) is 3.62. The van der Waals surface area contributed by atoms with Crippen molar-refractivity contribution in [2.75, 3.05) is 20.7 Å². The Balaban J connectivity index is 2.23. The minimum atomic E-state index is -0.518. The minimum Gasteiger partial charge on any atom is -0.507 e. The van der Waals surface area contributed by atoms with Gasteiger partial charge in [0.05, 0.1) is 13.7 Å². The maximum absolute atomic E-state index is 12.6. The molecular weight excluding hydrogens is 318 g/mol. The van der Waals surface area contributed by atoms with Crippen molar-refractivity contribution in [3.63, 3.8) is 0 Å². The number of nitrogens with zero attached hydrogens (tertiary/aromatic N) is 1. The fourth-order valence-corrected chi connectivity index (χ4v) is 4.58. The average molecular weight is 345 g/mol. The molecule has 2 N–H and O–H groups in total. The monoisotopic (exact) mass is 345 g/mol. The SMILES string of the molecule is CCN(C)[C@H]1Cc2ccc(CO)c(O)c2[C@@]2(C)CC(=O)C(OC)=C[C@H]12. The Morgan fingerprint density at radius 2 is 2.12 bits per heavy atom. The van der Waals surface area contributed by atoms with Gasteiger partial charge in [-0.3, -0.25) is 4.79 Å². The van der Waals surface area contributed by atoms with Crippen LogP contribution in [0.5, 0.6) is 5.75 Å². The van der Waals surface area contributed by atoms with Crippen LogP contribution in [0.25, 0.3) is 0 Å². The number of aliphatic hydroxyl groups excluding tert-OH is 1. The number of hydrogen-bond acceptors (Lipinski definition) is 5. The summed E-state index contributed by atoms with van der Waals surface area (Å²) in [5.74, 6) is 0.559. The second-order valence-electron chi connectivity index (χ2n) is 7.39. The summed E-state index contributed by atoms with van der Waals surface area (Å²) in [6.45, 7) is 4.85.